The minimum absolute atomic E-state index is 0.270. The van der Waals surface area contributed by atoms with Crippen molar-refractivity contribution in [1.82, 2.24) is 9.97 Å². The lowest BCUT2D eigenvalue weighted by atomic mass is 10.0. The number of nitrogens with zero attached hydrogens (tertiary/aromatic N) is 2. The number of fused-ring (bicyclic) bond motifs is 1. The summed E-state index contributed by atoms with van der Waals surface area (Å²) in [5.41, 5.74) is 8.44. The van der Waals surface area contributed by atoms with Crippen molar-refractivity contribution in [1.29, 1.82) is 0 Å². The van der Waals surface area contributed by atoms with Crippen molar-refractivity contribution < 1.29 is 0 Å². The van der Waals surface area contributed by atoms with Crippen LogP contribution in [0.1, 0.15) is 31.0 Å². The molecule has 4 heteroatoms. The highest BCUT2D eigenvalue weighted by Crippen LogP contribution is 2.31. The number of halogens is 1. The average Bonchev–Trinajstić information content (AvgIpc) is 2.22. The van der Waals surface area contributed by atoms with Crippen LogP contribution in [0.2, 0.25) is 5.02 Å². The molecule has 2 aromatic rings. The summed E-state index contributed by atoms with van der Waals surface area (Å²) in [4.78, 5) is 8.49. The van der Waals surface area contributed by atoms with Crippen LogP contribution < -0.4 is 5.73 Å². The summed E-state index contributed by atoms with van der Waals surface area (Å²) < 4.78 is 0. The summed E-state index contributed by atoms with van der Waals surface area (Å²) >= 11 is 6.31. The lowest BCUT2D eigenvalue weighted by molar-refractivity contribution is 0.832. The number of hydrogen-bond donors (Lipinski definition) is 1. The molecule has 2 N–H and O–H groups in total. The highest BCUT2D eigenvalue weighted by molar-refractivity contribution is 6.36. The quantitative estimate of drug-likeness (QED) is 0.825. The van der Waals surface area contributed by atoms with E-state index in [1.165, 1.54) is 0 Å². The van der Waals surface area contributed by atoms with E-state index in [0.29, 0.717) is 5.95 Å². The topological polar surface area (TPSA) is 51.8 Å². The van der Waals surface area contributed by atoms with Crippen molar-refractivity contribution in [3.05, 3.63) is 28.4 Å². The van der Waals surface area contributed by atoms with Gasteiger partial charge in [-0.2, -0.15) is 0 Å². The monoisotopic (exact) mass is 235 g/mol. The van der Waals surface area contributed by atoms with Crippen LogP contribution in [0.25, 0.3) is 10.9 Å². The molecule has 0 aliphatic carbocycles. The molecule has 0 saturated carbocycles. The van der Waals surface area contributed by atoms with Crippen molar-refractivity contribution in [2.75, 3.05) is 5.73 Å². The van der Waals surface area contributed by atoms with Gasteiger partial charge in [-0.25, -0.2) is 9.97 Å². The molecule has 1 aromatic carbocycles. The maximum atomic E-state index is 6.31. The summed E-state index contributed by atoms with van der Waals surface area (Å²) in [5.74, 6) is 0.572. The van der Waals surface area contributed by atoms with Crippen molar-refractivity contribution in [3.8, 4) is 0 Å². The van der Waals surface area contributed by atoms with E-state index in [0.717, 1.165) is 27.2 Å². The van der Waals surface area contributed by atoms with Gasteiger partial charge in [-0.3, -0.25) is 0 Å². The number of rotatable bonds is 1. The molecular weight excluding hydrogens is 222 g/mol. The second-order valence-corrected chi connectivity index (χ2v) is 4.59. The van der Waals surface area contributed by atoms with Gasteiger partial charge >= 0.3 is 0 Å². The maximum Gasteiger partial charge on any atom is 0.220 e. The summed E-state index contributed by atoms with van der Waals surface area (Å²) in [6.45, 7) is 6.11. The Morgan fingerprint density at radius 1 is 1.25 bits per heavy atom. The first-order chi connectivity index (χ1) is 7.50. The van der Waals surface area contributed by atoms with Crippen LogP contribution >= 0.6 is 11.6 Å². The van der Waals surface area contributed by atoms with E-state index >= 15 is 0 Å². The minimum atomic E-state index is 0.270. The predicted molar refractivity (Wildman–Crippen MR) is 67.8 cm³/mol. The standard InChI is InChI=1S/C12H14ClN3/c1-6(2)11-9-8(15-12(14)16-11)5-4-7(3)10(9)13/h4-6H,1-3H3,(H2,14,15,16). The first kappa shape index (κ1) is 11.1. The minimum Gasteiger partial charge on any atom is -0.368 e. The van der Waals surface area contributed by atoms with Crippen LogP contribution in [-0.2, 0) is 0 Å². The molecule has 3 nitrogen and oxygen atoms in total. The summed E-state index contributed by atoms with van der Waals surface area (Å²) in [6, 6.07) is 3.88. The second kappa shape index (κ2) is 3.91. The molecule has 0 bridgehead atoms. The van der Waals surface area contributed by atoms with Crippen LogP contribution in [0.5, 0.6) is 0 Å². The largest absolute Gasteiger partial charge is 0.368 e. The molecule has 2 rings (SSSR count). The molecule has 0 aliphatic heterocycles. The Bertz CT molecular complexity index is 549. The third kappa shape index (κ3) is 1.71. The molecule has 0 saturated heterocycles. The van der Waals surface area contributed by atoms with Crippen molar-refractivity contribution in [2.24, 2.45) is 0 Å². The van der Waals surface area contributed by atoms with Gasteiger partial charge in [-0.15, -0.1) is 0 Å². The Labute approximate surface area is 99.7 Å². The van der Waals surface area contributed by atoms with E-state index < -0.39 is 0 Å². The molecule has 0 atom stereocenters. The third-order valence-electron chi connectivity index (χ3n) is 2.59. The maximum absolute atomic E-state index is 6.31. The molecule has 0 spiro atoms. The number of aryl methyl sites for hydroxylation is 1. The SMILES string of the molecule is Cc1ccc2nc(N)nc(C(C)C)c2c1Cl. The van der Waals surface area contributed by atoms with Gasteiger partial charge in [-0.1, -0.05) is 31.5 Å². The van der Waals surface area contributed by atoms with Crippen LogP contribution in [0, 0.1) is 6.92 Å². The van der Waals surface area contributed by atoms with Crippen LogP contribution in [-0.4, -0.2) is 9.97 Å². The van der Waals surface area contributed by atoms with Gasteiger partial charge in [-0.05, 0) is 24.5 Å². The van der Waals surface area contributed by atoms with Crippen molar-refractivity contribution in [3.63, 3.8) is 0 Å². The molecule has 1 aromatic heterocycles. The molecule has 0 radical (unpaired) electrons. The van der Waals surface area contributed by atoms with E-state index in [1.54, 1.807) is 0 Å². The summed E-state index contributed by atoms with van der Waals surface area (Å²) in [7, 11) is 0. The van der Waals surface area contributed by atoms with E-state index in [4.69, 9.17) is 17.3 Å². The molecule has 1 heterocycles. The van der Waals surface area contributed by atoms with E-state index in [2.05, 4.69) is 23.8 Å². The zero-order valence-corrected chi connectivity index (χ0v) is 10.3. The Balaban J connectivity index is 2.92. The number of benzene rings is 1. The number of anilines is 1. The lowest BCUT2D eigenvalue weighted by Gasteiger charge is -2.12. The first-order valence-corrected chi connectivity index (χ1v) is 5.60. The fourth-order valence-corrected chi connectivity index (χ4v) is 2.01. The van der Waals surface area contributed by atoms with Gasteiger partial charge in [0.25, 0.3) is 0 Å². The smallest absolute Gasteiger partial charge is 0.220 e. The van der Waals surface area contributed by atoms with Gasteiger partial charge in [0.05, 0.1) is 16.2 Å². The summed E-state index contributed by atoms with van der Waals surface area (Å²) in [5, 5.41) is 1.65. The van der Waals surface area contributed by atoms with E-state index in [1.807, 2.05) is 19.1 Å². The fourth-order valence-electron chi connectivity index (χ4n) is 1.75. The molecule has 84 valence electrons. The highest BCUT2D eigenvalue weighted by atomic mass is 35.5. The first-order valence-electron chi connectivity index (χ1n) is 5.23. The van der Waals surface area contributed by atoms with Crippen LogP contribution in [0.15, 0.2) is 12.1 Å². The van der Waals surface area contributed by atoms with E-state index in [9.17, 15) is 0 Å². The fraction of sp³-hybridized carbons (Fsp3) is 0.333. The molecule has 0 unspecified atom stereocenters. The number of aromatic nitrogens is 2. The Hall–Kier alpha value is -1.35. The average molecular weight is 236 g/mol. The Kier molecular flexibility index (Phi) is 2.72. The van der Waals surface area contributed by atoms with Gasteiger partial charge < -0.3 is 5.73 Å². The van der Waals surface area contributed by atoms with Crippen molar-refractivity contribution >= 4 is 28.5 Å². The zero-order valence-electron chi connectivity index (χ0n) is 9.58. The van der Waals surface area contributed by atoms with Gasteiger partial charge in [0.2, 0.25) is 5.95 Å². The molecule has 0 aliphatic rings. The number of nitrogens with two attached hydrogens (primary N) is 1. The van der Waals surface area contributed by atoms with Crippen LogP contribution in [0.3, 0.4) is 0 Å². The second-order valence-electron chi connectivity index (χ2n) is 4.21. The lowest BCUT2D eigenvalue weighted by Crippen LogP contribution is -2.03. The van der Waals surface area contributed by atoms with Gasteiger partial charge in [0, 0.05) is 5.39 Å². The van der Waals surface area contributed by atoms with Gasteiger partial charge in [0.1, 0.15) is 0 Å². The van der Waals surface area contributed by atoms with E-state index in [-0.39, 0.29) is 5.92 Å². The normalized spacial score (nSPS) is 11.3. The summed E-state index contributed by atoms with van der Waals surface area (Å²) in [6.07, 6.45) is 0. The Morgan fingerprint density at radius 2 is 1.94 bits per heavy atom. The predicted octanol–water partition coefficient (Wildman–Crippen LogP) is 3.30. The Morgan fingerprint density at radius 3 is 2.56 bits per heavy atom. The molecular formula is C12H14ClN3. The molecule has 0 amide bonds. The molecule has 0 fully saturated rings. The highest BCUT2D eigenvalue weighted by Gasteiger charge is 2.13. The molecule has 16 heavy (non-hydrogen) atoms. The zero-order chi connectivity index (χ0) is 11.9. The van der Waals surface area contributed by atoms with Gasteiger partial charge in [0.15, 0.2) is 0 Å². The number of nitrogen functional groups attached to an aromatic ring is 1. The number of hydrogen-bond acceptors (Lipinski definition) is 3. The van der Waals surface area contributed by atoms with Crippen molar-refractivity contribution in [2.45, 2.75) is 26.7 Å². The third-order valence-corrected chi connectivity index (χ3v) is 3.07. The van der Waals surface area contributed by atoms with Crippen LogP contribution in [0.4, 0.5) is 5.95 Å².